The van der Waals surface area contributed by atoms with Gasteiger partial charge in [-0.1, -0.05) is 6.92 Å². The lowest BCUT2D eigenvalue weighted by Gasteiger charge is -2.15. The molecule has 2 atom stereocenters. The molecule has 4 nitrogen and oxygen atoms in total. The molecule has 1 heterocycles. The van der Waals surface area contributed by atoms with Crippen LogP contribution in [0, 0.1) is 23.5 Å². The largest absolute Gasteiger partial charge is 0.481 e. The van der Waals surface area contributed by atoms with E-state index in [2.05, 4.69) is 0 Å². The molecule has 1 aliphatic rings. The number of nitrogens with zero attached hydrogens (tertiary/aromatic N) is 1. The van der Waals surface area contributed by atoms with E-state index in [0.717, 1.165) is 12.1 Å². The smallest absolute Gasteiger partial charge is 0.308 e. The molecule has 1 N–H and O–H groups in total. The zero-order valence-corrected chi connectivity index (χ0v) is 10.3. The predicted octanol–water partition coefficient (Wildman–Crippen LogP) is 1.76. The molecule has 0 bridgehead atoms. The third-order valence-corrected chi connectivity index (χ3v) is 3.38. The maximum absolute atomic E-state index is 13.1. The maximum atomic E-state index is 13.1. The van der Waals surface area contributed by atoms with E-state index < -0.39 is 29.4 Å². The number of carbonyl (C=O) groups is 2. The summed E-state index contributed by atoms with van der Waals surface area (Å²) in [5.74, 6) is -4.31. The second-order valence-corrected chi connectivity index (χ2v) is 4.76. The second-order valence-electron chi connectivity index (χ2n) is 4.76. The van der Waals surface area contributed by atoms with Crippen molar-refractivity contribution in [1.82, 2.24) is 4.90 Å². The van der Waals surface area contributed by atoms with Crippen molar-refractivity contribution in [2.45, 2.75) is 6.92 Å². The molecule has 1 amide bonds. The summed E-state index contributed by atoms with van der Waals surface area (Å²) < 4.78 is 25.9. The van der Waals surface area contributed by atoms with Crippen LogP contribution in [-0.2, 0) is 4.79 Å². The van der Waals surface area contributed by atoms with Crippen molar-refractivity contribution in [3.8, 4) is 0 Å². The second kappa shape index (κ2) is 4.95. The van der Waals surface area contributed by atoms with Gasteiger partial charge < -0.3 is 10.0 Å². The van der Waals surface area contributed by atoms with Crippen molar-refractivity contribution in [2.75, 3.05) is 13.1 Å². The number of carbonyl (C=O) groups excluding carboxylic acids is 1. The van der Waals surface area contributed by atoms with Gasteiger partial charge in [-0.25, -0.2) is 8.78 Å². The minimum Gasteiger partial charge on any atom is -0.481 e. The number of carboxylic acids is 1. The van der Waals surface area contributed by atoms with Crippen molar-refractivity contribution in [3.63, 3.8) is 0 Å². The van der Waals surface area contributed by atoms with Gasteiger partial charge in [-0.2, -0.15) is 0 Å². The van der Waals surface area contributed by atoms with Gasteiger partial charge in [0.2, 0.25) is 0 Å². The zero-order chi connectivity index (χ0) is 14.2. The molecule has 0 radical (unpaired) electrons. The summed E-state index contributed by atoms with van der Waals surface area (Å²) in [6, 6.07) is 2.91. The predicted molar refractivity (Wildman–Crippen MR) is 62.6 cm³/mol. The van der Waals surface area contributed by atoms with Crippen LogP contribution in [0.15, 0.2) is 18.2 Å². The Hall–Kier alpha value is -1.98. The normalized spacial score (nSPS) is 22.6. The van der Waals surface area contributed by atoms with Crippen LogP contribution in [0.4, 0.5) is 8.78 Å². The fourth-order valence-corrected chi connectivity index (χ4v) is 2.27. The van der Waals surface area contributed by atoms with E-state index in [0.29, 0.717) is 6.54 Å². The molecule has 6 heteroatoms. The van der Waals surface area contributed by atoms with Crippen molar-refractivity contribution in [3.05, 3.63) is 35.4 Å². The van der Waals surface area contributed by atoms with Crippen molar-refractivity contribution < 1.29 is 23.5 Å². The molecule has 102 valence electrons. The molecule has 0 spiro atoms. The lowest BCUT2D eigenvalue weighted by Crippen LogP contribution is -2.30. The number of rotatable bonds is 2. The van der Waals surface area contributed by atoms with E-state index in [9.17, 15) is 18.4 Å². The molecule has 2 rings (SSSR count). The first-order valence-electron chi connectivity index (χ1n) is 5.87. The summed E-state index contributed by atoms with van der Waals surface area (Å²) in [7, 11) is 0. The number of aliphatic carboxylic acids is 1. The third kappa shape index (κ3) is 2.57. The fraction of sp³-hybridized carbons (Fsp3) is 0.385. The number of carboxylic acid groups (broad SMARTS) is 1. The van der Waals surface area contributed by atoms with Gasteiger partial charge in [0.15, 0.2) is 11.6 Å². The average molecular weight is 269 g/mol. The molecule has 1 saturated heterocycles. The highest BCUT2D eigenvalue weighted by atomic mass is 19.2. The van der Waals surface area contributed by atoms with Crippen LogP contribution in [0.5, 0.6) is 0 Å². The van der Waals surface area contributed by atoms with Gasteiger partial charge in [-0.3, -0.25) is 9.59 Å². The van der Waals surface area contributed by atoms with Gasteiger partial charge in [0.25, 0.3) is 5.91 Å². The van der Waals surface area contributed by atoms with Crippen LogP contribution in [0.3, 0.4) is 0 Å². The van der Waals surface area contributed by atoms with Gasteiger partial charge in [0, 0.05) is 18.7 Å². The number of halogens is 2. The van der Waals surface area contributed by atoms with Crippen LogP contribution in [0.1, 0.15) is 17.3 Å². The molecule has 1 fully saturated rings. The van der Waals surface area contributed by atoms with Gasteiger partial charge >= 0.3 is 5.97 Å². The molecule has 0 saturated carbocycles. The lowest BCUT2D eigenvalue weighted by molar-refractivity contribution is -0.142. The molecule has 0 unspecified atom stereocenters. The standard InChI is InChI=1S/C13H13F2NO3/c1-7-5-16(6-9(7)13(18)19)12(17)8-2-3-10(14)11(15)4-8/h2-4,7,9H,5-6H2,1H3,(H,18,19)/t7-,9-/m1/s1. The monoisotopic (exact) mass is 269 g/mol. The first-order chi connectivity index (χ1) is 8.90. The van der Waals surface area contributed by atoms with E-state index in [1.807, 2.05) is 0 Å². The molecule has 19 heavy (non-hydrogen) atoms. The topological polar surface area (TPSA) is 57.6 Å². The van der Waals surface area contributed by atoms with Crippen molar-refractivity contribution in [1.29, 1.82) is 0 Å². The SMILES string of the molecule is C[C@@H]1CN(C(=O)c2ccc(F)c(F)c2)C[C@H]1C(=O)O. The number of likely N-dealkylation sites (tertiary alicyclic amines) is 1. The Labute approximate surface area is 108 Å². The van der Waals surface area contributed by atoms with Gasteiger partial charge in [-0.15, -0.1) is 0 Å². The van der Waals surface area contributed by atoms with Crippen LogP contribution < -0.4 is 0 Å². The molecule has 1 aromatic rings. The van der Waals surface area contributed by atoms with E-state index in [4.69, 9.17) is 5.11 Å². The van der Waals surface area contributed by atoms with Crippen LogP contribution >= 0.6 is 0 Å². The summed E-state index contributed by atoms with van der Waals surface area (Å²) >= 11 is 0. The summed E-state index contributed by atoms with van der Waals surface area (Å²) in [5, 5.41) is 8.99. The van der Waals surface area contributed by atoms with E-state index >= 15 is 0 Å². The number of hydrogen-bond acceptors (Lipinski definition) is 2. The van der Waals surface area contributed by atoms with Gasteiger partial charge in [0.1, 0.15) is 0 Å². The quantitative estimate of drug-likeness (QED) is 0.890. The highest BCUT2D eigenvalue weighted by Gasteiger charge is 2.37. The highest BCUT2D eigenvalue weighted by Crippen LogP contribution is 2.25. The Bertz CT molecular complexity index is 533. The fourth-order valence-electron chi connectivity index (χ4n) is 2.27. The Balaban J connectivity index is 2.17. The summed E-state index contributed by atoms with van der Waals surface area (Å²) in [6.45, 7) is 2.14. The molecular weight excluding hydrogens is 256 g/mol. The Morgan fingerprint density at radius 3 is 2.47 bits per heavy atom. The Morgan fingerprint density at radius 1 is 1.26 bits per heavy atom. The van der Waals surface area contributed by atoms with E-state index in [1.54, 1.807) is 6.92 Å². The van der Waals surface area contributed by atoms with Crippen molar-refractivity contribution >= 4 is 11.9 Å². The lowest BCUT2D eigenvalue weighted by atomic mass is 9.99. The first-order valence-corrected chi connectivity index (χ1v) is 5.87. The third-order valence-electron chi connectivity index (χ3n) is 3.38. The molecule has 0 aromatic heterocycles. The van der Waals surface area contributed by atoms with Crippen LogP contribution in [0.25, 0.3) is 0 Å². The number of amides is 1. The Morgan fingerprint density at radius 2 is 1.95 bits per heavy atom. The van der Waals surface area contributed by atoms with Gasteiger partial charge in [-0.05, 0) is 24.1 Å². The first kappa shape index (κ1) is 13.5. The molecular formula is C13H13F2NO3. The summed E-state index contributed by atoms with van der Waals surface area (Å²) in [5.41, 5.74) is 0.0251. The van der Waals surface area contributed by atoms with Crippen LogP contribution in [0.2, 0.25) is 0 Å². The maximum Gasteiger partial charge on any atom is 0.308 e. The minimum absolute atomic E-state index is 0.0251. The highest BCUT2D eigenvalue weighted by molar-refractivity contribution is 5.94. The number of hydrogen-bond donors (Lipinski definition) is 1. The average Bonchev–Trinajstić information content (AvgIpc) is 2.74. The van der Waals surface area contributed by atoms with Gasteiger partial charge in [0.05, 0.1) is 5.92 Å². The number of benzene rings is 1. The van der Waals surface area contributed by atoms with Crippen LogP contribution in [-0.4, -0.2) is 35.0 Å². The molecule has 1 aromatic carbocycles. The molecule has 1 aliphatic heterocycles. The van der Waals surface area contributed by atoms with Crippen molar-refractivity contribution in [2.24, 2.45) is 11.8 Å². The summed E-state index contributed by atoms with van der Waals surface area (Å²) in [6.07, 6.45) is 0. The minimum atomic E-state index is -1.09. The van der Waals surface area contributed by atoms with E-state index in [-0.39, 0.29) is 18.0 Å². The van der Waals surface area contributed by atoms with E-state index in [1.165, 1.54) is 11.0 Å². The zero-order valence-electron chi connectivity index (χ0n) is 10.3. The summed E-state index contributed by atoms with van der Waals surface area (Å²) in [4.78, 5) is 24.4. The molecule has 0 aliphatic carbocycles. The Kier molecular flexibility index (Phi) is 3.50.